The zero-order chi connectivity index (χ0) is 50.6. The molecule has 0 saturated heterocycles. The first-order valence-electron chi connectivity index (χ1n) is 32.4. The van der Waals surface area contributed by atoms with Crippen LogP contribution < -0.4 is 5.32 Å². The van der Waals surface area contributed by atoms with E-state index in [0.717, 1.165) is 57.8 Å². The van der Waals surface area contributed by atoms with Gasteiger partial charge in [0.15, 0.2) is 0 Å². The Labute approximate surface area is 440 Å². The van der Waals surface area contributed by atoms with Crippen molar-refractivity contribution in [3.05, 3.63) is 24.3 Å². The molecule has 2 N–H and O–H groups in total. The van der Waals surface area contributed by atoms with E-state index >= 15 is 0 Å². The molecule has 4 nitrogen and oxygen atoms in total. The minimum absolute atomic E-state index is 0.0598. The standard InChI is InChI=1S/C66H127NO3/c1-3-5-7-9-11-13-15-17-32-36-40-44-48-52-56-60-65(69)61-57-53-49-45-41-37-33-30-28-26-24-22-20-19-21-23-25-27-29-31-34-38-42-46-50-54-58-62-66(70)67-64(63-68)59-55-51-47-43-39-35-18-16-14-12-10-8-6-4-2/h11,13,17,32,64,68H,3-10,12,14-16,18-31,33-63H2,1-2H3,(H,67,70)/b13-11-,32-17-. The summed E-state index contributed by atoms with van der Waals surface area (Å²) in [5.41, 5.74) is 0. The Morgan fingerprint density at radius 3 is 0.914 bits per heavy atom. The van der Waals surface area contributed by atoms with Gasteiger partial charge in [-0.3, -0.25) is 9.59 Å². The molecule has 0 bridgehead atoms. The van der Waals surface area contributed by atoms with E-state index in [1.54, 1.807) is 0 Å². The van der Waals surface area contributed by atoms with Crippen LogP contribution in [0.25, 0.3) is 0 Å². The summed E-state index contributed by atoms with van der Waals surface area (Å²) in [4.78, 5) is 24.7. The third-order valence-electron chi connectivity index (χ3n) is 15.3. The van der Waals surface area contributed by atoms with Crippen molar-refractivity contribution in [1.82, 2.24) is 5.32 Å². The third-order valence-corrected chi connectivity index (χ3v) is 15.3. The first kappa shape index (κ1) is 68.6. The van der Waals surface area contributed by atoms with Crippen molar-refractivity contribution in [2.45, 2.75) is 379 Å². The summed E-state index contributed by atoms with van der Waals surface area (Å²) >= 11 is 0. The maximum absolute atomic E-state index is 12.4. The molecule has 0 fully saturated rings. The fourth-order valence-corrected chi connectivity index (χ4v) is 10.4. The molecule has 0 heterocycles. The normalized spacial score (nSPS) is 12.3. The highest BCUT2D eigenvalue weighted by Crippen LogP contribution is 2.19. The Morgan fingerprint density at radius 1 is 0.329 bits per heavy atom. The Morgan fingerprint density at radius 2 is 0.586 bits per heavy atom. The summed E-state index contributed by atoms with van der Waals surface area (Å²) in [6.45, 7) is 4.62. The van der Waals surface area contributed by atoms with Gasteiger partial charge in [0.1, 0.15) is 5.78 Å². The highest BCUT2D eigenvalue weighted by Gasteiger charge is 2.11. The SMILES string of the molecule is CCCCC/C=C\C/C=C\CCCCCCCC(=O)CCCCCCCCCCCCCCCCCCCCCCCCCCCCCC(=O)NC(CO)CCCCCCCCCCCCCCCC. The second-order valence-electron chi connectivity index (χ2n) is 22.4. The van der Waals surface area contributed by atoms with Gasteiger partial charge in [-0.15, -0.1) is 0 Å². The van der Waals surface area contributed by atoms with Gasteiger partial charge >= 0.3 is 0 Å². The number of Topliss-reactive ketones (excluding diaryl/α,β-unsaturated/α-hetero) is 1. The van der Waals surface area contributed by atoms with Crippen molar-refractivity contribution < 1.29 is 14.7 Å². The van der Waals surface area contributed by atoms with Crippen LogP contribution in [0.4, 0.5) is 0 Å². The van der Waals surface area contributed by atoms with Crippen LogP contribution in [0.15, 0.2) is 24.3 Å². The molecule has 0 aromatic carbocycles. The zero-order valence-corrected chi connectivity index (χ0v) is 48.0. The fraction of sp³-hybridized carbons (Fsp3) is 0.909. The number of carbonyl (C=O) groups is 2. The van der Waals surface area contributed by atoms with E-state index in [1.165, 1.54) is 295 Å². The van der Waals surface area contributed by atoms with Crippen LogP contribution in [-0.4, -0.2) is 29.4 Å². The highest BCUT2D eigenvalue weighted by molar-refractivity contribution is 5.78. The Bertz CT molecular complexity index is 1070. The molecule has 0 aliphatic rings. The molecular formula is C66H127NO3. The Hall–Kier alpha value is -1.42. The molecule has 1 unspecified atom stereocenters. The van der Waals surface area contributed by atoms with Crippen LogP contribution in [0.3, 0.4) is 0 Å². The van der Waals surface area contributed by atoms with Crippen molar-refractivity contribution in [2.75, 3.05) is 6.61 Å². The van der Waals surface area contributed by atoms with E-state index in [2.05, 4.69) is 43.5 Å². The highest BCUT2D eigenvalue weighted by atomic mass is 16.3. The molecule has 0 spiro atoms. The van der Waals surface area contributed by atoms with E-state index in [9.17, 15) is 14.7 Å². The van der Waals surface area contributed by atoms with Crippen molar-refractivity contribution in [3.63, 3.8) is 0 Å². The van der Waals surface area contributed by atoms with E-state index in [-0.39, 0.29) is 18.6 Å². The number of nitrogens with one attached hydrogen (secondary N) is 1. The lowest BCUT2D eigenvalue weighted by Crippen LogP contribution is -2.37. The van der Waals surface area contributed by atoms with Crippen LogP contribution in [0.2, 0.25) is 0 Å². The molecule has 0 rings (SSSR count). The molecule has 0 radical (unpaired) electrons. The van der Waals surface area contributed by atoms with Gasteiger partial charge in [-0.05, 0) is 57.8 Å². The minimum atomic E-state index is -0.0598. The Balaban J connectivity index is 3.29. The molecule has 0 saturated carbocycles. The van der Waals surface area contributed by atoms with Crippen LogP contribution in [0.5, 0.6) is 0 Å². The van der Waals surface area contributed by atoms with Crippen molar-refractivity contribution in [3.8, 4) is 0 Å². The summed E-state index contributed by atoms with van der Waals surface area (Å²) in [6.07, 6.45) is 81.9. The predicted molar refractivity (Wildman–Crippen MR) is 312 cm³/mol. The maximum Gasteiger partial charge on any atom is 0.220 e. The number of unbranched alkanes of at least 4 members (excludes halogenated alkanes) is 47. The van der Waals surface area contributed by atoms with E-state index < -0.39 is 0 Å². The first-order valence-corrected chi connectivity index (χ1v) is 32.4. The molecule has 0 aliphatic heterocycles. The molecule has 4 heteroatoms. The van der Waals surface area contributed by atoms with Crippen molar-refractivity contribution in [1.29, 1.82) is 0 Å². The van der Waals surface area contributed by atoms with Crippen LogP contribution in [-0.2, 0) is 9.59 Å². The van der Waals surface area contributed by atoms with Gasteiger partial charge in [0, 0.05) is 19.3 Å². The van der Waals surface area contributed by atoms with E-state index in [4.69, 9.17) is 0 Å². The average molecular weight is 983 g/mol. The molecule has 0 aliphatic carbocycles. The van der Waals surface area contributed by atoms with E-state index in [0.29, 0.717) is 12.2 Å². The summed E-state index contributed by atoms with van der Waals surface area (Å²) < 4.78 is 0. The number of ketones is 1. The number of aliphatic hydroxyl groups excluding tert-OH is 1. The van der Waals surface area contributed by atoms with Gasteiger partial charge in [0.2, 0.25) is 5.91 Å². The average Bonchev–Trinajstić information content (AvgIpc) is 3.36. The number of hydrogen-bond donors (Lipinski definition) is 2. The number of rotatable bonds is 61. The van der Waals surface area contributed by atoms with Gasteiger partial charge in [-0.25, -0.2) is 0 Å². The monoisotopic (exact) mass is 982 g/mol. The second-order valence-corrected chi connectivity index (χ2v) is 22.4. The Kier molecular flexibility index (Phi) is 60.6. The number of allylic oxidation sites excluding steroid dienone is 4. The fourth-order valence-electron chi connectivity index (χ4n) is 10.4. The molecule has 0 aromatic heterocycles. The lowest BCUT2D eigenvalue weighted by molar-refractivity contribution is -0.122. The van der Waals surface area contributed by atoms with Crippen molar-refractivity contribution in [2.24, 2.45) is 0 Å². The summed E-state index contributed by atoms with van der Waals surface area (Å²) in [5.74, 6) is 0.641. The molecule has 1 atom stereocenters. The lowest BCUT2D eigenvalue weighted by Gasteiger charge is -2.16. The number of aliphatic hydroxyl groups is 1. The zero-order valence-electron chi connectivity index (χ0n) is 48.0. The van der Waals surface area contributed by atoms with Gasteiger partial charge < -0.3 is 10.4 Å². The smallest absolute Gasteiger partial charge is 0.220 e. The molecule has 1 amide bonds. The van der Waals surface area contributed by atoms with Crippen LogP contribution in [0, 0.1) is 0 Å². The number of carbonyl (C=O) groups excluding carboxylic acids is 2. The quantitative estimate of drug-likeness (QED) is 0.0471. The van der Waals surface area contributed by atoms with Crippen LogP contribution >= 0.6 is 0 Å². The summed E-state index contributed by atoms with van der Waals surface area (Å²) in [6, 6.07) is -0.0598. The van der Waals surface area contributed by atoms with Crippen molar-refractivity contribution >= 4 is 11.7 Å². The van der Waals surface area contributed by atoms with Crippen LogP contribution in [0.1, 0.15) is 373 Å². The third kappa shape index (κ3) is 59.1. The summed E-state index contributed by atoms with van der Waals surface area (Å²) in [7, 11) is 0. The number of hydrogen-bond acceptors (Lipinski definition) is 3. The predicted octanol–water partition coefficient (Wildman–Crippen LogP) is 22.0. The minimum Gasteiger partial charge on any atom is -0.394 e. The molecule has 0 aromatic rings. The van der Waals surface area contributed by atoms with Gasteiger partial charge in [0.25, 0.3) is 0 Å². The topological polar surface area (TPSA) is 66.4 Å². The molecule has 70 heavy (non-hydrogen) atoms. The largest absolute Gasteiger partial charge is 0.394 e. The van der Waals surface area contributed by atoms with Gasteiger partial charge in [0.05, 0.1) is 12.6 Å². The first-order chi connectivity index (χ1) is 34.6. The van der Waals surface area contributed by atoms with Gasteiger partial charge in [-0.2, -0.15) is 0 Å². The molecular weight excluding hydrogens is 855 g/mol. The number of amides is 1. The van der Waals surface area contributed by atoms with Gasteiger partial charge in [-0.1, -0.05) is 321 Å². The summed E-state index contributed by atoms with van der Waals surface area (Å²) in [5, 5.41) is 12.9. The maximum atomic E-state index is 12.4. The molecule has 414 valence electrons. The second kappa shape index (κ2) is 61.9. The van der Waals surface area contributed by atoms with E-state index in [1.807, 2.05) is 0 Å². The lowest BCUT2D eigenvalue weighted by atomic mass is 10.0.